The Morgan fingerprint density at radius 3 is 2.48 bits per heavy atom. The Morgan fingerprint density at radius 1 is 1.31 bits per heavy atom. The van der Waals surface area contributed by atoms with Crippen molar-refractivity contribution in [3.05, 3.63) is 34.9 Å². The van der Waals surface area contributed by atoms with Crippen molar-refractivity contribution in [2.45, 2.75) is 63.0 Å². The molecule has 29 heavy (non-hydrogen) atoms. The van der Waals surface area contributed by atoms with Gasteiger partial charge in [0.05, 0.1) is 6.10 Å². The van der Waals surface area contributed by atoms with E-state index in [2.05, 4.69) is 0 Å². The van der Waals surface area contributed by atoms with Crippen LogP contribution in [0.25, 0.3) is 0 Å². The Bertz CT molecular complexity index is 874. The number of halogens is 3. The van der Waals surface area contributed by atoms with Gasteiger partial charge in [0, 0.05) is 19.6 Å². The molecule has 0 bridgehead atoms. The minimum atomic E-state index is -4.77. The number of aliphatic imine (C=N–C) groups is 1. The summed E-state index contributed by atoms with van der Waals surface area (Å²) in [5.74, 6) is 0.348. The van der Waals surface area contributed by atoms with Gasteiger partial charge in [-0.2, -0.15) is 13.2 Å². The predicted molar refractivity (Wildman–Crippen MR) is 100 cm³/mol. The summed E-state index contributed by atoms with van der Waals surface area (Å²) in [6.07, 6.45) is -3.72. The number of alkyl halides is 3. The smallest absolute Gasteiger partial charge is 0.381 e. The molecule has 2 aliphatic carbocycles. The molecule has 1 saturated carbocycles. The highest BCUT2D eigenvalue weighted by Gasteiger charge is 2.66. The van der Waals surface area contributed by atoms with E-state index in [9.17, 15) is 23.1 Å². The zero-order valence-electron chi connectivity index (χ0n) is 16.7. The summed E-state index contributed by atoms with van der Waals surface area (Å²) in [5.41, 5.74) is -0.647. The summed E-state index contributed by atoms with van der Waals surface area (Å²) in [7, 11) is 3.32. The van der Waals surface area contributed by atoms with Crippen molar-refractivity contribution in [1.29, 1.82) is 0 Å². The molecule has 1 amide bonds. The van der Waals surface area contributed by atoms with Gasteiger partial charge in [-0.15, -0.1) is 0 Å². The normalized spacial score (nSPS) is 32.8. The maximum atomic E-state index is 13.5. The minimum Gasteiger partial charge on any atom is -0.381 e. The average Bonchev–Trinajstić information content (AvgIpc) is 3.08. The van der Waals surface area contributed by atoms with Gasteiger partial charge in [0.2, 0.25) is 0 Å². The first kappa shape index (κ1) is 20.3. The van der Waals surface area contributed by atoms with Crippen molar-refractivity contribution < 1.29 is 27.8 Å². The number of hydrogen-bond donors (Lipinski definition) is 1. The van der Waals surface area contributed by atoms with Crippen LogP contribution in [0.5, 0.6) is 0 Å². The van der Waals surface area contributed by atoms with Crippen LogP contribution in [-0.4, -0.2) is 48.2 Å². The summed E-state index contributed by atoms with van der Waals surface area (Å²) in [6, 6.07) is 4.28. The van der Waals surface area contributed by atoms with Gasteiger partial charge in [0.15, 0.2) is 11.6 Å². The molecule has 1 fully saturated rings. The summed E-state index contributed by atoms with van der Waals surface area (Å²) in [4.78, 5) is 19.8. The van der Waals surface area contributed by atoms with Crippen molar-refractivity contribution in [3.8, 4) is 0 Å². The molecular weight excluding hydrogens is 385 g/mol. The second-order valence-corrected chi connectivity index (χ2v) is 8.49. The Morgan fingerprint density at radius 2 is 1.97 bits per heavy atom. The fraction of sp³-hybridized carbons (Fsp3) is 0.619. The number of amides is 1. The standard InChI is InChI=1S/C21H25F3N2O3/c1-12-25-20(18(28)26(12)2)16-10-13(17(27)21(22,23)24)4-5-14(16)11-19(20)8-6-15(29-3)7-9-19/h4-5,10,15,17,27H,6-9,11H2,1-3H3. The number of aliphatic hydroxyl groups is 1. The third-order valence-electron chi connectivity index (χ3n) is 7.10. The number of likely N-dealkylation sites (N-methyl/N-ethyl adjacent to an activating group) is 1. The summed E-state index contributed by atoms with van der Waals surface area (Å²) in [5, 5.41) is 9.79. The number of rotatable bonds is 2. The number of aliphatic hydroxyl groups excluding tert-OH is 1. The predicted octanol–water partition coefficient (Wildman–Crippen LogP) is 3.50. The van der Waals surface area contributed by atoms with Crippen molar-refractivity contribution in [3.63, 3.8) is 0 Å². The third kappa shape index (κ3) is 2.75. The van der Waals surface area contributed by atoms with Crippen molar-refractivity contribution in [2.75, 3.05) is 14.2 Å². The largest absolute Gasteiger partial charge is 0.418 e. The fourth-order valence-electron chi connectivity index (χ4n) is 5.42. The lowest BCUT2D eigenvalue weighted by Crippen LogP contribution is -2.51. The monoisotopic (exact) mass is 410 g/mol. The van der Waals surface area contributed by atoms with Crippen LogP contribution in [0.1, 0.15) is 55.4 Å². The third-order valence-corrected chi connectivity index (χ3v) is 7.10. The van der Waals surface area contributed by atoms with Crippen LogP contribution in [0.15, 0.2) is 23.2 Å². The molecule has 4 rings (SSSR count). The average molecular weight is 410 g/mol. The number of benzene rings is 1. The highest BCUT2D eigenvalue weighted by molar-refractivity contribution is 6.08. The van der Waals surface area contributed by atoms with E-state index in [-0.39, 0.29) is 17.6 Å². The molecule has 0 radical (unpaired) electrons. The Kier molecular flexibility index (Phi) is 4.59. The number of fused-ring (bicyclic) bond motifs is 3. The van der Waals surface area contributed by atoms with Crippen LogP contribution >= 0.6 is 0 Å². The van der Waals surface area contributed by atoms with Crippen LogP contribution < -0.4 is 0 Å². The summed E-state index contributed by atoms with van der Waals surface area (Å²) >= 11 is 0. The highest BCUT2D eigenvalue weighted by Crippen LogP contribution is 2.62. The summed E-state index contributed by atoms with van der Waals surface area (Å²) < 4.78 is 44.8. The second kappa shape index (κ2) is 6.54. The molecule has 0 aromatic heterocycles. The number of hydrogen-bond acceptors (Lipinski definition) is 4. The molecule has 1 N–H and O–H groups in total. The highest BCUT2D eigenvalue weighted by atomic mass is 19.4. The van der Waals surface area contributed by atoms with Gasteiger partial charge in [-0.25, -0.2) is 0 Å². The van der Waals surface area contributed by atoms with Crippen LogP contribution in [0.4, 0.5) is 13.2 Å². The molecule has 3 aliphatic rings. The molecule has 1 heterocycles. The van der Waals surface area contributed by atoms with Gasteiger partial charge in [0.25, 0.3) is 5.91 Å². The van der Waals surface area contributed by atoms with E-state index in [1.165, 1.54) is 17.0 Å². The van der Waals surface area contributed by atoms with Crippen molar-refractivity contribution >= 4 is 11.7 Å². The number of carbonyl (C=O) groups is 1. The van der Waals surface area contributed by atoms with E-state index in [4.69, 9.17) is 9.73 Å². The molecule has 1 aromatic rings. The topological polar surface area (TPSA) is 62.1 Å². The molecule has 2 atom stereocenters. The lowest BCUT2D eigenvalue weighted by atomic mass is 9.61. The molecule has 2 spiro atoms. The maximum Gasteiger partial charge on any atom is 0.418 e. The molecular formula is C21H25F3N2O3. The lowest BCUT2D eigenvalue weighted by Gasteiger charge is -2.45. The molecule has 158 valence electrons. The lowest BCUT2D eigenvalue weighted by molar-refractivity contribution is -0.206. The Balaban J connectivity index is 1.86. The van der Waals surface area contributed by atoms with Crippen molar-refractivity contribution in [1.82, 2.24) is 4.90 Å². The van der Waals surface area contributed by atoms with Crippen LogP contribution in [0.2, 0.25) is 0 Å². The van der Waals surface area contributed by atoms with Gasteiger partial charge in [-0.1, -0.05) is 12.1 Å². The van der Waals surface area contributed by atoms with E-state index >= 15 is 0 Å². The SMILES string of the molecule is COC1CCC2(CC1)Cc1ccc(C(O)C(F)(F)F)cc1C21N=C(C)N(C)C1=O. The molecule has 1 aromatic carbocycles. The van der Waals surface area contributed by atoms with E-state index in [0.29, 0.717) is 30.7 Å². The van der Waals surface area contributed by atoms with Gasteiger partial charge in [-0.05, 0) is 61.8 Å². The fourth-order valence-corrected chi connectivity index (χ4v) is 5.42. The molecule has 2 unspecified atom stereocenters. The molecule has 5 nitrogen and oxygen atoms in total. The van der Waals surface area contributed by atoms with Crippen LogP contribution in [0.3, 0.4) is 0 Å². The van der Waals surface area contributed by atoms with E-state index in [1.54, 1.807) is 27.1 Å². The van der Waals surface area contributed by atoms with E-state index in [1.807, 2.05) is 0 Å². The van der Waals surface area contributed by atoms with Gasteiger partial charge in [0.1, 0.15) is 5.84 Å². The van der Waals surface area contributed by atoms with Crippen LogP contribution in [-0.2, 0) is 21.5 Å². The first-order valence-electron chi connectivity index (χ1n) is 9.81. The summed E-state index contributed by atoms with van der Waals surface area (Å²) in [6.45, 7) is 1.74. The molecule has 0 saturated heterocycles. The number of ether oxygens (including phenoxy) is 1. The number of methoxy groups -OCH3 is 1. The first-order valence-corrected chi connectivity index (χ1v) is 9.81. The minimum absolute atomic E-state index is 0.114. The zero-order valence-corrected chi connectivity index (χ0v) is 16.7. The van der Waals surface area contributed by atoms with Gasteiger partial charge >= 0.3 is 6.18 Å². The van der Waals surface area contributed by atoms with Crippen LogP contribution in [0, 0.1) is 5.41 Å². The zero-order chi connectivity index (χ0) is 21.2. The molecule has 8 heteroatoms. The number of amidine groups is 1. The Hall–Kier alpha value is -1.93. The Labute approximate surface area is 167 Å². The number of nitrogens with zero attached hydrogens (tertiary/aromatic N) is 2. The number of carbonyl (C=O) groups excluding carboxylic acids is 1. The van der Waals surface area contributed by atoms with E-state index < -0.39 is 23.2 Å². The molecule has 1 aliphatic heterocycles. The van der Waals surface area contributed by atoms with Crippen molar-refractivity contribution in [2.24, 2.45) is 10.4 Å². The van der Waals surface area contributed by atoms with Gasteiger partial charge < -0.3 is 14.7 Å². The second-order valence-electron chi connectivity index (χ2n) is 8.49. The first-order chi connectivity index (χ1) is 13.6. The van der Waals surface area contributed by atoms with E-state index in [0.717, 1.165) is 18.4 Å². The van der Waals surface area contributed by atoms with Gasteiger partial charge in [-0.3, -0.25) is 9.79 Å². The maximum absolute atomic E-state index is 13.5. The quantitative estimate of drug-likeness (QED) is 0.812.